The SMILES string of the molecule is CC(=O)N1CC(O)(C(F)(F)F)C[C@H]1C(=O)O. The number of carbonyl (C=O) groups is 2. The second-order valence-corrected chi connectivity index (χ2v) is 3.73. The van der Waals surface area contributed by atoms with Crippen molar-refractivity contribution in [3.05, 3.63) is 0 Å². The predicted octanol–water partition coefficient (Wildman–Crippen LogP) is -0.0148. The highest BCUT2D eigenvalue weighted by molar-refractivity contribution is 5.83. The molecule has 1 aliphatic rings. The Kier molecular flexibility index (Phi) is 2.88. The lowest BCUT2D eigenvalue weighted by molar-refractivity contribution is -0.253. The zero-order chi connectivity index (χ0) is 12.7. The summed E-state index contributed by atoms with van der Waals surface area (Å²) in [5.74, 6) is -2.37. The highest BCUT2D eigenvalue weighted by atomic mass is 19.4. The van der Waals surface area contributed by atoms with E-state index < -0.39 is 42.7 Å². The van der Waals surface area contributed by atoms with E-state index in [1.807, 2.05) is 0 Å². The van der Waals surface area contributed by atoms with Gasteiger partial charge in [0.15, 0.2) is 5.60 Å². The van der Waals surface area contributed by atoms with Crippen molar-refractivity contribution in [2.75, 3.05) is 6.54 Å². The summed E-state index contributed by atoms with van der Waals surface area (Å²) in [4.78, 5) is 22.1. The van der Waals surface area contributed by atoms with Crippen molar-refractivity contribution in [3.63, 3.8) is 0 Å². The Bertz CT molecular complexity index is 306. The van der Waals surface area contributed by atoms with Crippen LogP contribution < -0.4 is 0 Å². The van der Waals surface area contributed by atoms with Crippen LogP contribution in [0.4, 0.5) is 13.2 Å². The summed E-state index contributed by atoms with van der Waals surface area (Å²) in [5, 5.41) is 17.9. The molecule has 92 valence electrons. The Morgan fingerprint density at radius 3 is 2.19 bits per heavy atom. The maximum absolute atomic E-state index is 12.4. The molecule has 0 saturated carbocycles. The molecule has 0 aromatic heterocycles. The molecule has 1 saturated heterocycles. The molecule has 2 N–H and O–H groups in total. The summed E-state index contributed by atoms with van der Waals surface area (Å²) in [5.41, 5.74) is -3.14. The lowest BCUT2D eigenvalue weighted by atomic mass is 10.00. The van der Waals surface area contributed by atoms with Crippen LogP contribution in [0.25, 0.3) is 0 Å². The molecule has 1 amide bonds. The van der Waals surface area contributed by atoms with Crippen LogP contribution in [0.15, 0.2) is 0 Å². The standard InChI is InChI=1S/C8H10F3NO4/c1-4(13)12-3-7(16,8(9,10)11)2-5(12)6(14)15/h5,16H,2-3H2,1H3,(H,14,15)/t5-,7?/m0/s1. The van der Waals surface area contributed by atoms with Gasteiger partial charge >= 0.3 is 12.1 Å². The van der Waals surface area contributed by atoms with Crippen LogP contribution in [-0.4, -0.2) is 51.4 Å². The number of halogens is 3. The number of alkyl halides is 3. The van der Waals surface area contributed by atoms with E-state index in [0.717, 1.165) is 6.92 Å². The second kappa shape index (κ2) is 3.62. The molecule has 8 heteroatoms. The molecule has 1 heterocycles. The number of carbonyl (C=O) groups excluding carboxylic acids is 1. The predicted molar refractivity (Wildman–Crippen MR) is 44.4 cm³/mol. The van der Waals surface area contributed by atoms with E-state index in [9.17, 15) is 27.9 Å². The van der Waals surface area contributed by atoms with Crippen molar-refractivity contribution >= 4 is 11.9 Å². The molecular formula is C8H10F3NO4. The Hall–Kier alpha value is -1.31. The molecule has 0 aliphatic carbocycles. The quantitative estimate of drug-likeness (QED) is 0.676. The first kappa shape index (κ1) is 12.8. The summed E-state index contributed by atoms with van der Waals surface area (Å²) >= 11 is 0. The number of β-amino-alcohol motifs (C(OH)–C–C–N with tert-alkyl or cyclic N) is 1. The average molecular weight is 241 g/mol. The summed E-state index contributed by atoms with van der Waals surface area (Å²) in [7, 11) is 0. The average Bonchev–Trinajstić information content (AvgIpc) is 2.43. The third-order valence-electron chi connectivity index (χ3n) is 2.56. The van der Waals surface area contributed by atoms with Gasteiger partial charge in [0.2, 0.25) is 5.91 Å². The highest BCUT2D eigenvalue weighted by Crippen LogP contribution is 2.40. The van der Waals surface area contributed by atoms with Gasteiger partial charge in [-0.3, -0.25) is 4.79 Å². The van der Waals surface area contributed by atoms with Crippen LogP contribution in [-0.2, 0) is 9.59 Å². The van der Waals surface area contributed by atoms with Gasteiger partial charge < -0.3 is 15.1 Å². The van der Waals surface area contributed by atoms with Crippen molar-refractivity contribution in [1.29, 1.82) is 0 Å². The zero-order valence-electron chi connectivity index (χ0n) is 8.28. The summed E-state index contributed by atoms with van der Waals surface area (Å²) in [6, 6.07) is -1.64. The van der Waals surface area contributed by atoms with E-state index in [0.29, 0.717) is 4.90 Å². The molecule has 1 unspecified atom stereocenters. The Morgan fingerprint density at radius 1 is 1.44 bits per heavy atom. The van der Waals surface area contributed by atoms with Gasteiger partial charge in [0, 0.05) is 13.3 Å². The van der Waals surface area contributed by atoms with Crippen molar-refractivity contribution in [2.24, 2.45) is 0 Å². The largest absolute Gasteiger partial charge is 0.480 e. The smallest absolute Gasteiger partial charge is 0.419 e. The monoisotopic (exact) mass is 241 g/mol. The molecule has 0 aromatic rings. The molecule has 0 radical (unpaired) electrons. The topological polar surface area (TPSA) is 77.8 Å². The molecule has 16 heavy (non-hydrogen) atoms. The van der Waals surface area contributed by atoms with Crippen molar-refractivity contribution in [3.8, 4) is 0 Å². The maximum Gasteiger partial charge on any atom is 0.419 e. The van der Waals surface area contributed by atoms with Gasteiger partial charge in [0.05, 0.1) is 6.54 Å². The zero-order valence-corrected chi connectivity index (χ0v) is 8.28. The van der Waals surface area contributed by atoms with Crippen LogP contribution in [0, 0.1) is 0 Å². The number of likely N-dealkylation sites (tertiary alicyclic amines) is 1. The molecule has 5 nitrogen and oxygen atoms in total. The summed E-state index contributed by atoms with van der Waals surface area (Å²) in [6.45, 7) is -0.0825. The first-order valence-corrected chi connectivity index (χ1v) is 4.37. The molecular weight excluding hydrogens is 231 g/mol. The number of hydrogen-bond acceptors (Lipinski definition) is 3. The maximum atomic E-state index is 12.4. The van der Waals surface area contributed by atoms with Gasteiger partial charge in [-0.05, 0) is 0 Å². The molecule has 0 spiro atoms. The minimum absolute atomic E-state index is 0.510. The lowest BCUT2D eigenvalue weighted by Crippen LogP contribution is -2.47. The number of nitrogens with zero attached hydrogens (tertiary/aromatic N) is 1. The van der Waals surface area contributed by atoms with Crippen LogP contribution >= 0.6 is 0 Å². The van der Waals surface area contributed by atoms with Crippen molar-refractivity contribution in [1.82, 2.24) is 4.90 Å². The van der Waals surface area contributed by atoms with E-state index in [4.69, 9.17) is 5.11 Å². The molecule has 1 aliphatic heterocycles. The van der Waals surface area contributed by atoms with Crippen LogP contribution in [0.1, 0.15) is 13.3 Å². The number of carboxylic acids is 1. The summed E-state index contributed by atoms with van der Waals surface area (Å²) in [6.07, 6.45) is -5.99. The third kappa shape index (κ3) is 1.97. The second-order valence-electron chi connectivity index (χ2n) is 3.73. The fourth-order valence-corrected chi connectivity index (χ4v) is 1.64. The molecule has 0 aromatic carbocycles. The number of rotatable bonds is 1. The molecule has 1 fully saturated rings. The first-order valence-electron chi connectivity index (χ1n) is 4.37. The fraction of sp³-hybridized carbons (Fsp3) is 0.750. The molecule has 0 bridgehead atoms. The van der Waals surface area contributed by atoms with E-state index >= 15 is 0 Å². The van der Waals surface area contributed by atoms with Crippen molar-refractivity contribution < 1.29 is 33.0 Å². The van der Waals surface area contributed by atoms with Crippen molar-refractivity contribution in [2.45, 2.75) is 31.2 Å². The van der Waals surface area contributed by atoms with Gasteiger partial charge in [-0.25, -0.2) is 4.79 Å². The normalized spacial score (nSPS) is 30.6. The van der Waals surface area contributed by atoms with E-state index in [-0.39, 0.29) is 0 Å². The number of aliphatic carboxylic acids is 1. The first-order chi connectivity index (χ1) is 7.08. The highest BCUT2D eigenvalue weighted by Gasteiger charge is 2.61. The molecule has 2 atom stereocenters. The van der Waals surface area contributed by atoms with Gasteiger partial charge in [0.25, 0.3) is 0 Å². The number of carboxylic acid groups (broad SMARTS) is 1. The fourth-order valence-electron chi connectivity index (χ4n) is 1.64. The van der Waals surface area contributed by atoms with Crippen LogP contribution in [0.3, 0.4) is 0 Å². The minimum Gasteiger partial charge on any atom is -0.480 e. The van der Waals surface area contributed by atoms with Gasteiger partial charge in [-0.15, -0.1) is 0 Å². The van der Waals surface area contributed by atoms with Gasteiger partial charge in [-0.2, -0.15) is 13.2 Å². The summed E-state index contributed by atoms with van der Waals surface area (Å²) < 4.78 is 37.3. The third-order valence-corrected chi connectivity index (χ3v) is 2.56. The number of aliphatic hydroxyl groups is 1. The Balaban J connectivity index is 3.01. The number of hydrogen-bond donors (Lipinski definition) is 2. The Labute approximate surface area is 88.5 Å². The molecule has 1 rings (SSSR count). The van der Waals surface area contributed by atoms with Crippen LogP contribution in [0.5, 0.6) is 0 Å². The van der Waals surface area contributed by atoms with Gasteiger partial charge in [0.1, 0.15) is 6.04 Å². The number of amides is 1. The van der Waals surface area contributed by atoms with Crippen LogP contribution in [0.2, 0.25) is 0 Å². The van der Waals surface area contributed by atoms with Gasteiger partial charge in [-0.1, -0.05) is 0 Å². The Morgan fingerprint density at radius 2 is 1.94 bits per heavy atom. The van der Waals surface area contributed by atoms with E-state index in [1.54, 1.807) is 0 Å². The van der Waals surface area contributed by atoms with E-state index in [2.05, 4.69) is 0 Å². The van der Waals surface area contributed by atoms with E-state index in [1.165, 1.54) is 0 Å². The lowest BCUT2D eigenvalue weighted by Gasteiger charge is -2.25. The minimum atomic E-state index is -4.95.